The molecule has 0 saturated carbocycles. The minimum Gasteiger partial charge on any atom is -0.0626 e. The Bertz CT molecular complexity index is 6.85. The van der Waals surface area contributed by atoms with E-state index in [4.69, 9.17) is 0 Å². The van der Waals surface area contributed by atoms with Crippen molar-refractivity contribution in [3.63, 3.8) is 0 Å². The van der Waals surface area contributed by atoms with Crippen molar-refractivity contribution in [2.24, 2.45) is 0 Å². The molecular weight excluding hydrogens is 105 g/mol. The first-order chi connectivity index (χ1) is 0. The van der Waals surface area contributed by atoms with Gasteiger partial charge in [-0.3, -0.25) is 0 Å². The van der Waals surface area contributed by atoms with E-state index in [1.54, 1.807) is 0 Å². The fourth-order valence-corrected chi connectivity index (χ4v) is 0. The summed E-state index contributed by atoms with van der Waals surface area (Å²) >= 11 is 0. The van der Waals surface area contributed by atoms with Crippen molar-refractivity contribution < 1.29 is 38.3 Å². The van der Waals surface area contributed by atoms with Crippen LogP contribution in [0, 0.1) is 0 Å². The maximum atomic E-state index is 0. The van der Waals surface area contributed by atoms with E-state index < -0.39 is 0 Å². The van der Waals surface area contributed by atoms with Crippen LogP contribution < -0.4 is 18.9 Å². The number of rotatable bonds is 0. The van der Waals surface area contributed by atoms with Gasteiger partial charge in [0, 0.05) is 0 Å². The van der Waals surface area contributed by atoms with E-state index in [0.717, 1.165) is 0 Å². The van der Waals surface area contributed by atoms with Crippen molar-refractivity contribution >= 4 is 25.2 Å². The standard InChI is InChI=1S/3BH4.Li.Zn/h3*1H4;;/q3*-1;+1;+2. The summed E-state index contributed by atoms with van der Waals surface area (Å²) in [5.74, 6) is 0. The smallest absolute Gasteiger partial charge is 0.0626 e. The van der Waals surface area contributed by atoms with E-state index in [1.807, 2.05) is 0 Å². The van der Waals surface area contributed by atoms with Gasteiger partial charge in [-0.1, -0.05) is 25.2 Å². The first-order valence-corrected chi connectivity index (χ1v) is 0. The fourth-order valence-electron chi connectivity index (χ4n) is 0. The topological polar surface area (TPSA) is 0 Å². The molecule has 0 aliphatic carbocycles. The van der Waals surface area contributed by atoms with Crippen LogP contribution in [0.4, 0.5) is 0 Å². The molecule has 0 aliphatic rings. The van der Waals surface area contributed by atoms with Crippen LogP contribution in [0.25, 0.3) is 0 Å². The van der Waals surface area contributed by atoms with Crippen LogP contribution in [-0.4, -0.2) is 25.2 Å². The second-order valence-electron chi connectivity index (χ2n) is 0. The molecule has 0 amide bonds. The Morgan fingerprint density at radius 1 is 0.600 bits per heavy atom. The summed E-state index contributed by atoms with van der Waals surface area (Å²) in [6.45, 7) is 0. The molecule has 0 radical (unpaired) electrons. The Balaban J connectivity index is 0. The van der Waals surface area contributed by atoms with Crippen molar-refractivity contribution in [2.75, 3.05) is 0 Å². The summed E-state index contributed by atoms with van der Waals surface area (Å²) in [5, 5.41) is 0. The molecule has 0 atom stereocenters. The second kappa shape index (κ2) is 52.7. The van der Waals surface area contributed by atoms with Crippen molar-refractivity contribution in [2.45, 2.75) is 0 Å². The predicted molar refractivity (Wildman–Crippen MR) is 34.0 cm³/mol. The number of hydrogen-bond acceptors (Lipinski definition) is 0. The van der Waals surface area contributed by atoms with Crippen molar-refractivity contribution in [1.29, 1.82) is 0 Å². The van der Waals surface area contributed by atoms with Gasteiger partial charge < -0.3 is 0 Å². The third-order valence-corrected chi connectivity index (χ3v) is 0. The quantitative estimate of drug-likeness (QED) is 0.276. The van der Waals surface area contributed by atoms with Crippen LogP contribution in [0.15, 0.2) is 0 Å². The zero-order chi connectivity index (χ0) is 0. The SMILES string of the molecule is [BH4-].[BH4-].[BH4-].[Li+].[Zn+2]. The van der Waals surface area contributed by atoms with Crippen molar-refractivity contribution in [1.82, 2.24) is 0 Å². The average molecular weight is 117 g/mol. The minimum absolute atomic E-state index is 0. The zero-order valence-electron chi connectivity index (χ0n) is 1.71. The Labute approximate surface area is 63.5 Å². The molecule has 0 rings (SSSR count). The summed E-state index contributed by atoms with van der Waals surface area (Å²) in [4.78, 5) is 0. The van der Waals surface area contributed by atoms with E-state index >= 15 is 0 Å². The Hall–Kier alpha value is 1.42. The summed E-state index contributed by atoms with van der Waals surface area (Å²) in [6, 6.07) is 0. The minimum atomic E-state index is 0. The second-order valence-corrected chi connectivity index (χ2v) is 0. The predicted octanol–water partition coefficient (Wildman–Crippen LogP) is -7.35. The van der Waals surface area contributed by atoms with Gasteiger partial charge in [0.05, 0.1) is 0 Å². The van der Waals surface area contributed by atoms with Gasteiger partial charge in [-0.15, -0.1) is 0 Å². The Morgan fingerprint density at radius 2 is 0.600 bits per heavy atom. The third kappa shape index (κ3) is 31.5. The average Bonchev–Trinajstić information content (AvgIpc) is 0. The molecule has 0 spiro atoms. The molecular formula is H12B3LiZn. The maximum absolute atomic E-state index is 0. The van der Waals surface area contributed by atoms with Gasteiger partial charge in [0.15, 0.2) is 0 Å². The van der Waals surface area contributed by atoms with E-state index in [-0.39, 0.29) is 63.6 Å². The monoisotopic (exact) mass is 116 g/mol. The maximum Gasteiger partial charge on any atom is 2.00 e. The first kappa shape index (κ1) is 93.9. The van der Waals surface area contributed by atoms with Gasteiger partial charge in [0.2, 0.25) is 0 Å². The van der Waals surface area contributed by atoms with Crippen LogP contribution >= 0.6 is 0 Å². The molecule has 0 fully saturated rings. The van der Waals surface area contributed by atoms with Crippen LogP contribution in [0.2, 0.25) is 0 Å². The van der Waals surface area contributed by atoms with E-state index in [2.05, 4.69) is 0 Å². The Morgan fingerprint density at radius 3 is 0.600 bits per heavy atom. The van der Waals surface area contributed by atoms with Gasteiger partial charge in [-0.2, -0.15) is 0 Å². The molecule has 0 heterocycles. The normalized spacial score (nSPS) is 0. The van der Waals surface area contributed by atoms with E-state index in [1.165, 1.54) is 0 Å². The van der Waals surface area contributed by atoms with Gasteiger partial charge in [0.25, 0.3) is 0 Å². The summed E-state index contributed by atoms with van der Waals surface area (Å²) in [7, 11) is 0. The molecule has 5 heavy (non-hydrogen) atoms. The van der Waals surface area contributed by atoms with Crippen LogP contribution in [-0.2, 0) is 19.5 Å². The van der Waals surface area contributed by atoms with Crippen LogP contribution in [0.5, 0.6) is 0 Å². The van der Waals surface area contributed by atoms with Crippen LogP contribution in [0.3, 0.4) is 0 Å². The van der Waals surface area contributed by atoms with Gasteiger partial charge in [-0.25, -0.2) is 0 Å². The van der Waals surface area contributed by atoms with Gasteiger partial charge in [0.1, 0.15) is 0 Å². The van der Waals surface area contributed by atoms with Crippen molar-refractivity contribution in [3.05, 3.63) is 0 Å². The zero-order valence-corrected chi connectivity index (χ0v) is 4.67. The molecule has 0 nitrogen and oxygen atoms in total. The molecule has 0 N–H and O–H groups in total. The van der Waals surface area contributed by atoms with E-state index in [9.17, 15) is 0 Å². The molecule has 0 aromatic rings. The fraction of sp³-hybridized carbons (Fsp3) is 0. The summed E-state index contributed by atoms with van der Waals surface area (Å²) in [5.41, 5.74) is 0. The molecule has 0 aliphatic heterocycles. The molecule has 5 heteroatoms. The third-order valence-electron chi connectivity index (χ3n) is 0. The first-order valence-electron chi connectivity index (χ1n) is 0. The van der Waals surface area contributed by atoms with Crippen LogP contribution in [0.1, 0.15) is 0 Å². The molecule has 0 aromatic heterocycles. The molecule has 0 bridgehead atoms. The van der Waals surface area contributed by atoms with E-state index in [0.29, 0.717) is 0 Å². The molecule has 0 saturated heterocycles. The number of hydrogen-bond donors (Lipinski definition) is 0. The summed E-state index contributed by atoms with van der Waals surface area (Å²) < 4.78 is 0. The summed E-state index contributed by atoms with van der Waals surface area (Å²) in [6.07, 6.45) is 0. The molecule has 0 aromatic carbocycles. The largest absolute Gasteiger partial charge is 2.00 e. The molecule has 24 valence electrons. The molecule has 0 unspecified atom stereocenters. The Kier molecular flexibility index (Phi) is 990. The van der Waals surface area contributed by atoms with Gasteiger partial charge >= 0.3 is 38.3 Å². The van der Waals surface area contributed by atoms with Gasteiger partial charge in [-0.05, 0) is 0 Å². The van der Waals surface area contributed by atoms with Crippen molar-refractivity contribution in [3.8, 4) is 0 Å².